The lowest BCUT2D eigenvalue weighted by Gasteiger charge is -2.33. The van der Waals surface area contributed by atoms with Crippen molar-refractivity contribution >= 4 is 11.7 Å². The van der Waals surface area contributed by atoms with E-state index < -0.39 is 0 Å². The molecule has 6 heteroatoms. The van der Waals surface area contributed by atoms with Crippen LogP contribution in [0.1, 0.15) is 12.6 Å². The van der Waals surface area contributed by atoms with Gasteiger partial charge in [-0.05, 0) is 19.0 Å². The van der Waals surface area contributed by atoms with Gasteiger partial charge >= 0.3 is 0 Å². The molecule has 0 radical (unpaired) electrons. The lowest BCUT2D eigenvalue weighted by molar-refractivity contribution is -0.117. The zero-order chi connectivity index (χ0) is 17.8. The lowest BCUT2D eigenvalue weighted by atomic mass is 10.1. The van der Waals surface area contributed by atoms with Crippen molar-refractivity contribution in [3.8, 4) is 11.1 Å². The summed E-state index contributed by atoms with van der Waals surface area (Å²) in [6.07, 6.45) is 0. The van der Waals surface area contributed by atoms with Crippen molar-refractivity contribution in [2.75, 3.05) is 44.6 Å². The van der Waals surface area contributed by atoms with Crippen LogP contribution in [0.3, 0.4) is 0 Å². The molecule has 1 N–H and O–H groups in total. The second kappa shape index (κ2) is 7.80. The Morgan fingerprint density at radius 1 is 1.12 bits per heavy atom. The Bertz CT molecular complexity index is 717. The summed E-state index contributed by atoms with van der Waals surface area (Å²) in [5, 5.41) is 7.57. The van der Waals surface area contributed by atoms with Crippen molar-refractivity contribution in [2.45, 2.75) is 13.8 Å². The zero-order valence-electron chi connectivity index (χ0n) is 15.3. The van der Waals surface area contributed by atoms with Gasteiger partial charge in [0, 0.05) is 38.8 Å². The van der Waals surface area contributed by atoms with Crippen molar-refractivity contribution in [1.82, 2.24) is 19.6 Å². The van der Waals surface area contributed by atoms with Gasteiger partial charge in [-0.2, -0.15) is 5.10 Å². The Kier molecular flexibility index (Phi) is 5.50. The summed E-state index contributed by atoms with van der Waals surface area (Å²) >= 11 is 0. The average molecular weight is 341 g/mol. The normalized spacial score (nSPS) is 16.1. The number of likely N-dealkylation sites (N-methyl/N-ethyl adjacent to an activating group) is 1. The minimum atomic E-state index is 0.0186. The first-order valence-electron chi connectivity index (χ1n) is 8.92. The van der Waals surface area contributed by atoms with E-state index in [4.69, 9.17) is 0 Å². The molecular weight excluding hydrogens is 314 g/mol. The topological polar surface area (TPSA) is 53.4 Å². The summed E-state index contributed by atoms with van der Waals surface area (Å²) in [5.41, 5.74) is 2.98. The molecule has 0 saturated carbocycles. The van der Waals surface area contributed by atoms with Crippen LogP contribution in [0.4, 0.5) is 5.82 Å². The fourth-order valence-corrected chi connectivity index (χ4v) is 3.39. The van der Waals surface area contributed by atoms with E-state index in [-0.39, 0.29) is 5.91 Å². The first kappa shape index (κ1) is 17.6. The van der Waals surface area contributed by atoms with Crippen LogP contribution in [0, 0.1) is 6.92 Å². The maximum Gasteiger partial charge on any atom is 0.239 e. The Morgan fingerprint density at radius 2 is 1.76 bits per heavy atom. The lowest BCUT2D eigenvalue weighted by Crippen LogP contribution is -2.48. The predicted octanol–water partition coefficient (Wildman–Crippen LogP) is 1.97. The van der Waals surface area contributed by atoms with Gasteiger partial charge in [-0.15, -0.1) is 0 Å². The van der Waals surface area contributed by atoms with Gasteiger partial charge < -0.3 is 10.2 Å². The number of rotatable bonds is 5. The van der Waals surface area contributed by atoms with E-state index in [0.717, 1.165) is 55.4 Å². The maximum absolute atomic E-state index is 12.6. The number of amides is 1. The van der Waals surface area contributed by atoms with E-state index in [9.17, 15) is 4.79 Å². The minimum absolute atomic E-state index is 0.0186. The van der Waals surface area contributed by atoms with Gasteiger partial charge in [-0.25, -0.2) is 0 Å². The number of anilines is 1. The average Bonchev–Trinajstić information content (AvgIpc) is 2.89. The van der Waals surface area contributed by atoms with Crippen LogP contribution in [0.5, 0.6) is 0 Å². The fraction of sp³-hybridized carbons (Fsp3) is 0.474. The van der Waals surface area contributed by atoms with E-state index in [1.54, 1.807) is 4.68 Å². The first-order chi connectivity index (χ1) is 12.1. The number of hydrogen-bond acceptors (Lipinski definition) is 4. The van der Waals surface area contributed by atoms with E-state index in [1.807, 2.05) is 44.3 Å². The van der Waals surface area contributed by atoms with Gasteiger partial charge in [0.05, 0.1) is 12.2 Å². The van der Waals surface area contributed by atoms with Gasteiger partial charge in [0.1, 0.15) is 5.82 Å². The van der Waals surface area contributed by atoms with Crippen LogP contribution in [0.25, 0.3) is 11.1 Å². The molecule has 0 aliphatic carbocycles. The number of nitrogens with one attached hydrogen (secondary N) is 1. The highest BCUT2D eigenvalue weighted by Crippen LogP contribution is 2.30. The summed E-state index contributed by atoms with van der Waals surface area (Å²) in [4.78, 5) is 17.2. The van der Waals surface area contributed by atoms with Crippen LogP contribution in [-0.4, -0.2) is 64.8 Å². The van der Waals surface area contributed by atoms with Gasteiger partial charge in [0.2, 0.25) is 5.91 Å². The predicted molar refractivity (Wildman–Crippen MR) is 101 cm³/mol. The summed E-state index contributed by atoms with van der Waals surface area (Å²) in [6.45, 7) is 9.60. The highest BCUT2D eigenvalue weighted by molar-refractivity contribution is 5.96. The number of aromatic nitrogens is 2. The standard InChI is InChI=1S/C19H27N5O/c1-4-23-10-12-24(13-11-23)14-17(25)20-19-18(15(2)21-22(19)3)16-8-6-5-7-9-16/h5-9H,4,10-14H2,1-3H3,(H,20,25). The van der Waals surface area contributed by atoms with Crippen molar-refractivity contribution < 1.29 is 4.79 Å². The number of benzene rings is 1. The Labute approximate surface area is 149 Å². The molecule has 1 fully saturated rings. The molecule has 1 aromatic carbocycles. The monoisotopic (exact) mass is 341 g/mol. The van der Waals surface area contributed by atoms with Crippen LogP contribution < -0.4 is 5.32 Å². The number of carbonyl (C=O) groups is 1. The van der Waals surface area contributed by atoms with E-state index in [1.165, 1.54) is 0 Å². The molecule has 25 heavy (non-hydrogen) atoms. The van der Waals surface area contributed by atoms with E-state index in [0.29, 0.717) is 6.54 Å². The molecule has 1 aromatic heterocycles. The van der Waals surface area contributed by atoms with E-state index in [2.05, 4.69) is 27.1 Å². The van der Waals surface area contributed by atoms with Crippen LogP contribution in [0.2, 0.25) is 0 Å². The third kappa shape index (κ3) is 4.08. The molecule has 0 unspecified atom stereocenters. The van der Waals surface area contributed by atoms with Crippen molar-refractivity contribution in [3.63, 3.8) is 0 Å². The van der Waals surface area contributed by atoms with E-state index >= 15 is 0 Å². The number of carbonyl (C=O) groups excluding carboxylic acids is 1. The summed E-state index contributed by atoms with van der Waals surface area (Å²) in [6, 6.07) is 10.1. The third-order valence-corrected chi connectivity index (χ3v) is 4.82. The molecule has 0 spiro atoms. The van der Waals surface area contributed by atoms with Crippen molar-refractivity contribution in [1.29, 1.82) is 0 Å². The molecule has 1 amide bonds. The molecule has 2 heterocycles. The second-order valence-electron chi connectivity index (χ2n) is 6.56. The molecule has 1 aliphatic rings. The Balaban J connectivity index is 1.70. The minimum Gasteiger partial charge on any atom is -0.309 e. The Hall–Kier alpha value is -2.18. The van der Waals surface area contributed by atoms with Crippen molar-refractivity contribution in [2.24, 2.45) is 7.05 Å². The molecule has 1 saturated heterocycles. The van der Waals surface area contributed by atoms with Gasteiger partial charge in [-0.3, -0.25) is 14.4 Å². The first-order valence-corrected chi connectivity index (χ1v) is 8.92. The highest BCUT2D eigenvalue weighted by Gasteiger charge is 2.21. The molecular formula is C19H27N5O. The van der Waals surface area contributed by atoms with Crippen molar-refractivity contribution in [3.05, 3.63) is 36.0 Å². The van der Waals surface area contributed by atoms with Crippen LogP contribution in [0.15, 0.2) is 30.3 Å². The zero-order valence-corrected chi connectivity index (χ0v) is 15.3. The van der Waals surface area contributed by atoms with Crippen LogP contribution in [-0.2, 0) is 11.8 Å². The fourth-order valence-electron chi connectivity index (χ4n) is 3.39. The molecule has 134 valence electrons. The second-order valence-corrected chi connectivity index (χ2v) is 6.56. The third-order valence-electron chi connectivity index (χ3n) is 4.82. The number of nitrogens with zero attached hydrogens (tertiary/aromatic N) is 4. The molecule has 2 aromatic rings. The quantitative estimate of drug-likeness (QED) is 0.903. The Morgan fingerprint density at radius 3 is 2.40 bits per heavy atom. The van der Waals surface area contributed by atoms with Crippen LogP contribution >= 0.6 is 0 Å². The number of piperazine rings is 1. The summed E-state index contributed by atoms with van der Waals surface area (Å²) in [5.74, 6) is 0.783. The molecule has 6 nitrogen and oxygen atoms in total. The largest absolute Gasteiger partial charge is 0.309 e. The molecule has 0 atom stereocenters. The molecule has 1 aliphatic heterocycles. The summed E-state index contributed by atoms with van der Waals surface area (Å²) < 4.78 is 1.75. The number of aryl methyl sites for hydroxylation is 2. The summed E-state index contributed by atoms with van der Waals surface area (Å²) in [7, 11) is 1.87. The maximum atomic E-state index is 12.6. The number of hydrogen-bond donors (Lipinski definition) is 1. The van der Waals surface area contributed by atoms with Gasteiger partial charge in [0.25, 0.3) is 0 Å². The smallest absolute Gasteiger partial charge is 0.239 e. The van der Waals surface area contributed by atoms with Gasteiger partial charge in [-0.1, -0.05) is 37.3 Å². The SMILES string of the molecule is CCN1CCN(CC(=O)Nc2c(-c3ccccc3)c(C)nn2C)CC1. The molecule has 0 bridgehead atoms. The highest BCUT2D eigenvalue weighted by atomic mass is 16.2. The molecule has 3 rings (SSSR count). The van der Waals surface area contributed by atoms with Gasteiger partial charge in [0.15, 0.2) is 0 Å².